The Labute approximate surface area is 145 Å². The van der Waals surface area contributed by atoms with Crippen LogP contribution in [0.5, 0.6) is 0 Å². The number of aryl methyl sites for hydroxylation is 1. The summed E-state index contributed by atoms with van der Waals surface area (Å²) in [7, 11) is 0. The Hall–Kier alpha value is -2.21. The van der Waals surface area contributed by atoms with Crippen molar-refractivity contribution in [2.45, 2.75) is 20.3 Å². The van der Waals surface area contributed by atoms with Crippen molar-refractivity contribution in [2.75, 3.05) is 13.1 Å². The zero-order valence-electron chi connectivity index (χ0n) is 13.7. The summed E-state index contributed by atoms with van der Waals surface area (Å²) in [6.07, 6.45) is 0.224. The number of hydrogen-bond donors (Lipinski definition) is 1. The van der Waals surface area contributed by atoms with Crippen LogP contribution in [0.25, 0.3) is 10.6 Å². The Morgan fingerprint density at radius 1 is 1.29 bits per heavy atom. The predicted octanol–water partition coefficient (Wildman–Crippen LogP) is 2.84. The van der Waals surface area contributed by atoms with Gasteiger partial charge in [0.15, 0.2) is 0 Å². The lowest BCUT2D eigenvalue weighted by Crippen LogP contribution is -2.31. The zero-order valence-corrected chi connectivity index (χ0v) is 14.5. The smallest absolute Gasteiger partial charge is 0.308 e. The average Bonchev–Trinajstić information content (AvgIpc) is 3.15. The van der Waals surface area contributed by atoms with Gasteiger partial charge in [0.1, 0.15) is 5.01 Å². The van der Waals surface area contributed by atoms with Gasteiger partial charge in [0, 0.05) is 24.0 Å². The van der Waals surface area contributed by atoms with E-state index in [0.717, 1.165) is 16.3 Å². The van der Waals surface area contributed by atoms with Crippen LogP contribution in [0, 0.1) is 18.8 Å². The van der Waals surface area contributed by atoms with E-state index in [1.807, 2.05) is 43.5 Å². The molecule has 2 aromatic rings. The first-order valence-corrected chi connectivity index (χ1v) is 8.84. The molecule has 1 aromatic heterocycles. The number of amides is 1. The Bertz CT molecular complexity index is 754. The lowest BCUT2D eigenvalue weighted by molar-refractivity contribution is -0.142. The highest BCUT2D eigenvalue weighted by molar-refractivity contribution is 7.13. The minimum Gasteiger partial charge on any atom is -0.481 e. The van der Waals surface area contributed by atoms with E-state index in [1.165, 1.54) is 16.9 Å². The standard InChI is InChI=1S/C18H20N2O3S/c1-11-3-5-13(6-4-11)17-19-14(10-24-17)7-16(21)20-8-12(2)15(9-20)18(22)23/h3-6,10,12,15H,7-9H2,1-2H3,(H,22,23)/t12-,15-/m1/s1. The number of rotatable bonds is 4. The maximum Gasteiger partial charge on any atom is 0.308 e. The van der Waals surface area contributed by atoms with Crippen molar-refractivity contribution in [3.63, 3.8) is 0 Å². The van der Waals surface area contributed by atoms with Crippen LogP contribution in [0.15, 0.2) is 29.6 Å². The molecule has 0 spiro atoms. The fraction of sp³-hybridized carbons (Fsp3) is 0.389. The summed E-state index contributed by atoms with van der Waals surface area (Å²) >= 11 is 1.52. The highest BCUT2D eigenvalue weighted by atomic mass is 32.1. The Balaban J connectivity index is 1.66. The number of benzene rings is 1. The van der Waals surface area contributed by atoms with Gasteiger partial charge in [0.05, 0.1) is 18.0 Å². The molecule has 0 aliphatic carbocycles. The molecule has 1 fully saturated rings. The van der Waals surface area contributed by atoms with Crippen LogP contribution < -0.4 is 0 Å². The molecule has 0 saturated carbocycles. The highest BCUT2D eigenvalue weighted by Gasteiger charge is 2.36. The van der Waals surface area contributed by atoms with Gasteiger partial charge < -0.3 is 10.0 Å². The van der Waals surface area contributed by atoms with Crippen molar-refractivity contribution < 1.29 is 14.7 Å². The number of likely N-dealkylation sites (tertiary alicyclic amines) is 1. The summed E-state index contributed by atoms with van der Waals surface area (Å²) in [5.41, 5.74) is 2.99. The molecule has 3 rings (SSSR count). The topological polar surface area (TPSA) is 70.5 Å². The third kappa shape index (κ3) is 3.48. The largest absolute Gasteiger partial charge is 0.481 e. The second-order valence-corrected chi connectivity index (χ2v) is 7.27. The number of hydrogen-bond acceptors (Lipinski definition) is 4. The van der Waals surface area contributed by atoms with Crippen LogP contribution in [0.1, 0.15) is 18.2 Å². The molecular weight excluding hydrogens is 324 g/mol. The summed E-state index contributed by atoms with van der Waals surface area (Å²) in [4.78, 5) is 29.8. The van der Waals surface area contributed by atoms with E-state index >= 15 is 0 Å². The van der Waals surface area contributed by atoms with Crippen molar-refractivity contribution in [3.05, 3.63) is 40.9 Å². The molecule has 6 heteroatoms. The van der Waals surface area contributed by atoms with Crippen LogP contribution >= 0.6 is 11.3 Å². The number of carbonyl (C=O) groups excluding carboxylic acids is 1. The van der Waals surface area contributed by atoms with Crippen LogP contribution in [0.3, 0.4) is 0 Å². The number of thiazole rings is 1. The fourth-order valence-electron chi connectivity index (χ4n) is 2.98. The van der Waals surface area contributed by atoms with Crippen LogP contribution in [0.4, 0.5) is 0 Å². The summed E-state index contributed by atoms with van der Waals surface area (Å²) in [5, 5.41) is 12.0. The number of aromatic nitrogens is 1. The summed E-state index contributed by atoms with van der Waals surface area (Å²) < 4.78 is 0. The van der Waals surface area contributed by atoms with Crippen LogP contribution in [0.2, 0.25) is 0 Å². The molecule has 1 amide bonds. The number of carboxylic acids is 1. The number of aliphatic carboxylic acids is 1. The van der Waals surface area contributed by atoms with E-state index in [9.17, 15) is 14.7 Å². The molecule has 1 N–H and O–H groups in total. The van der Waals surface area contributed by atoms with E-state index in [1.54, 1.807) is 4.90 Å². The number of carboxylic acid groups (broad SMARTS) is 1. The highest BCUT2D eigenvalue weighted by Crippen LogP contribution is 2.26. The summed E-state index contributed by atoms with van der Waals surface area (Å²) in [5.74, 6) is -1.35. The molecule has 0 unspecified atom stereocenters. The second-order valence-electron chi connectivity index (χ2n) is 6.41. The molecule has 5 nitrogen and oxygen atoms in total. The number of carbonyl (C=O) groups is 2. The van der Waals surface area contributed by atoms with Gasteiger partial charge in [-0.3, -0.25) is 9.59 Å². The third-order valence-corrected chi connectivity index (χ3v) is 5.41. The molecule has 0 radical (unpaired) electrons. The van der Waals surface area contributed by atoms with Crippen LogP contribution in [-0.4, -0.2) is 40.0 Å². The predicted molar refractivity (Wildman–Crippen MR) is 92.9 cm³/mol. The molecule has 2 atom stereocenters. The van der Waals surface area contributed by atoms with Crippen molar-refractivity contribution in [1.29, 1.82) is 0 Å². The van der Waals surface area contributed by atoms with Gasteiger partial charge in [-0.15, -0.1) is 11.3 Å². The monoisotopic (exact) mass is 344 g/mol. The van der Waals surface area contributed by atoms with E-state index in [0.29, 0.717) is 13.1 Å². The number of nitrogens with zero attached hydrogens (tertiary/aromatic N) is 2. The normalized spacial score (nSPS) is 20.3. The van der Waals surface area contributed by atoms with Gasteiger partial charge >= 0.3 is 5.97 Å². The van der Waals surface area contributed by atoms with Crippen molar-refractivity contribution in [2.24, 2.45) is 11.8 Å². The van der Waals surface area contributed by atoms with E-state index in [-0.39, 0.29) is 18.2 Å². The first-order chi connectivity index (χ1) is 11.4. The summed E-state index contributed by atoms with van der Waals surface area (Å²) in [6, 6.07) is 8.14. The maximum atomic E-state index is 12.4. The lowest BCUT2D eigenvalue weighted by atomic mass is 9.99. The lowest BCUT2D eigenvalue weighted by Gasteiger charge is -2.14. The maximum absolute atomic E-state index is 12.4. The molecule has 2 heterocycles. The van der Waals surface area contributed by atoms with Gasteiger partial charge in [-0.2, -0.15) is 0 Å². The fourth-order valence-corrected chi connectivity index (χ4v) is 3.80. The third-order valence-electron chi connectivity index (χ3n) is 4.46. The quantitative estimate of drug-likeness (QED) is 0.926. The molecule has 0 bridgehead atoms. The van der Waals surface area contributed by atoms with Crippen molar-refractivity contribution in [1.82, 2.24) is 9.88 Å². The van der Waals surface area contributed by atoms with E-state index in [2.05, 4.69) is 4.98 Å². The average molecular weight is 344 g/mol. The molecular formula is C18H20N2O3S. The molecule has 1 saturated heterocycles. The zero-order chi connectivity index (χ0) is 17.3. The SMILES string of the molecule is Cc1ccc(-c2nc(CC(=O)N3C[C@@H](C)[C@H](C(=O)O)C3)cs2)cc1. The molecule has 1 aliphatic heterocycles. The van der Waals surface area contributed by atoms with Gasteiger partial charge in [-0.25, -0.2) is 4.98 Å². The molecule has 1 aromatic carbocycles. The molecule has 126 valence electrons. The summed E-state index contributed by atoms with van der Waals surface area (Å²) in [6.45, 7) is 4.72. The van der Waals surface area contributed by atoms with Crippen LogP contribution in [-0.2, 0) is 16.0 Å². The Kier molecular flexibility index (Phi) is 4.66. The molecule has 1 aliphatic rings. The molecule has 24 heavy (non-hydrogen) atoms. The van der Waals surface area contributed by atoms with Gasteiger partial charge in [0.2, 0.25) is 5.91 Å². The van der Waals surface area contributed by atoms with E-state index < -0.39 is 11.9 Å². The van der Waals surface area contributed by atoms with Gasteiger partial charge in [0.25, 0.3) is 0 Å². The first-order valence-electron chi connectivity index (χ1n) is 7.96. The minimum atomic E-state index is -0.826. The van der Waals surface area contributed by atoms with Crippen molar-refractivity contribution >= 4 is 23.2 Å². The Morgan fingerprint density at radius 3 is 2.62 bits per heavy atom. The second kappa shape index (κ2) is 6.73. The van der Waals surface area contributed by atoms with Crippen molar-refractivity contribution in [3.8, 4) is 10.6 Å². The first kappa shape index (κ1) is 16.6. The minimum absolute atomic E-state index is 0.00926. The van der Waals surface area contributed by atoms with E-state index in [4.69, 9.17) is 0 Å². The van der Waals surface area contributed by atoms with Gasteiger partial charge in [-0.1, -0.05) is 36.8 Å². The Morgan fingerprint density at radius 2 is 2.00 bits per heavy atom. The van der Waals surface area contributed by atoms with Gasteiger partial charge in [-0.05, 0) is 12.8 Å².